The lowest BCUT2D eigenvalue weighted by molar-refractivity contribution is -0.144. The number of hydrogen-bond donors (Lipinski definition) is 0. The van der Waals surface area contributed by atoms with E-state index in [0.29, 0.717) is 31.5 Å². The molecule has 0 N–H and O–H groups in total. The van der Waals surface area contributed by atoms with Crippen LogP contribution in [0.15, 0.2) is 4.52 Å². The monoisotopic (exact) mass is 283 g/mol. The van der Waals surface area contributed by atoms with E-state index in [-0.39, 0.29) is 11.9 Å². The molecular formula is C13H21N3O4. The molecule has 0 unspecified atom stereocenters. The Balaban J connectivity index is 1.97. The van der Waals surface area contributed by atoms with Crippen molar-refractivity contribution in [3.05, 3.63) is 11.7 Å². The zero-order chi connectivity index (χ0) is 14.5. The number of ether oxygens (including phenoxy) is 2. The molecule has 7 heteroatoms. The highest BCUT2D eigenvalue weighted by molar-refractivity contribution is 5.81. The molecule has 112 valence electrons. The first-order valence-corrected chi connectivity index (χ1v) is 6.84. The highest BCUT2D eigenvalue weighted by atomic mass is 16.5. The summed E-state index contributed by atoms with van der Waals surface area (Å²) in [6, 6.07) is -0.103. The predicted molar refractivity (Wildman–Crippen MR) is 70.0 cm³/mol. The van der Waals surface area contributed by atoms with E-state index >= 15 is 0 Å². The predicted octanol–water partition coefficient (Wildman–Crippen LogP) is 1.09. The van der Waals surface area contributed by atoms with Crippen molar-refractivity contribution >= 4 is 5.91 Å². The smallest absolute Gasteiger partial charge is 0.252 e. The van der Waals surface area contributed by atoms with Gasteiger partial charge >= 0.3 is 0 Å². The molecule has 1 aromatic heterocycles. The van der Waals surface area contributed by atoms with E-state index in [1.54, 1.807) is 25.9 Å². The van der Waals surface area contributed by atoms with Gasteiger partial charge in [-0.15, -0.1) is 0 Å². The molecule has 0 bridgehead atoms. The highest BCUT2D eigenvalue weighted by Gasteiger charge is 2.35. The third-order valence-corrected chi connectivity index (χ3v) is 3.38. The lowest BCUT2D eigenvalue weighted by Crippen LogP contribution is -2.39. The SMILES string of the molecule is COCCO[C@@H](C)C(=O)N1CCC[C@@H]1c1noc(C)n1. The summed E-state index contributed by atoms with van der Waals surface area (Å²) in [5.41, 5.74) is 0. The number of aromatic nitrogens is 2. The van der Waals surface area contributed by atoms with E-state index in [0.717, 1.165) is 12.8 Å². The van der Waals surface area contributed by atoms with Crippen molar-refractivity contribution in [2.24, 2.45) is 0 Å². The highest BCUT2D eigenvalue weighted by Crippen LogP contribution is 2.30. The number of nitrogens with zero attached hydrogens (tertiary/aromatic N) is 3. The molecular weight excluding hydrogens is 262 g/mol. The molecule has 2 rings (SSSR count). The van der Waals surface area contributed by atoms with Gasteiger partial charge in [0.1, 0.15) is 6.10 Å². The van der Waals surface area contributed by atoms with E-state index in [2.05, 4.69) is 10.1 Å². The Morgan fingerprint density at radius 1 is 1.55 bits per heavy atom. The maximum atomic E-state index is 12.4. The van der Waals surface area contributed by atoms with Crippen LogP contribution >= 0.6 is 0 Å². The van der Waals surface area contributed by atoms with Gasteiger partial charge in [-0.05, 0) is 19.8 Å². The second kappa shape index (κ2) is 6.81. The maximum Gasteiger partial charge on any atom is 0.252 e. The normalized spacial score (nSPS) is 20.4. The maximum absolute atomic E-state index is 12.4. The molecule has 7 nitrogen and oxygen atoms in total. The number of amides is 1. The summed E-state index contributed by atoms with van der Waals surface area (Å²) in [7, 11) is 1.60. The average Bonchev–Trinajstić information content (AvgIpc) is 3.06. The Hall–Kier alpha value is -1.47. The molecule has 2 heterocycles. The summed E-state index contributed by atoms with van der Waals surface area (Å²) in [6.07, 6.45) is 1.31. The van der Waals surface area contributed by atoms with Crippen molar-refractivity contribution in [2.45, 2.75) is 38.8 Å². The molecule has 20 heavy (non-hydrogen) atoms. The molecule has 0 aromatic carbocycles. The Kier molecular flexibility index (Phi) is 5.08. The van der Waals surface area contributed by atoms with Gasteiger partial charge in [0.05, 0.1) is 19.3 Å². The molecule has 1 aliphatic heterocycles. The second-order valence-corrected chi connectivity index (χ2v) is 4.87. The number of hydrogen-bond acceptors (Lipinski definition) is 6. The van der Waals surface area contributed by atoms with Crippen molar-refractivity contribution in [1.82, 2.24) is 15.0 Å². The Bertz CT molecular complexity index is 449. The molecule has 1 aromatic rings. The molecule has 2 atom stereocenters. The van der Waals surface area contributed by atoms with Gasteiger partial charge in [0.15, 0.2) is 5.82 Å². The largest absolute Gasteiger partial charge is 0.382 e. The molecule has 1 amide bonds. The van der Waals surface area contributed by atoms with Crippen LogP contribution in [-0.2, 0) is 14.3 Å². The van der Waals surface area contributed by atoms with Crippen LogP contribution in [0.5, 0.6) is 0 Å². The number of likely N-dealkylation sites (tertiary alicyclic amines) is 1. The van der Waals surface area contributed by atoms with Crippen LogP contribution < -0.4 is 0 Å². The van der Waals surface area contributed by atoms with E-state index < -0.39 is 6.10 Å². The third kappa shape index (κ3) is 3.34. The van der Waals surface area contributed by atoms with Crippen molar-refractivity contribution < 1.29 is 18.8 Å². The van der Waals surface area contributed by atoms with Crippen LogP contribution in [0.1, 0.15) is 37.5 Å². The van der Waals surface area contributed by atoms with Gasteiger partial charge in [0.25, 0.3) is 5.91 Å². The quantitative estimate of drug-likeness (QED) is 0.727. The van der Waals surface area contributed by atoms with Crippen molar-refractivity contribution in [3.8, 4) is 0 Å². The molecule has 1 fully saturated rings. The third-order valence-electron chi connectivity index (χ3n) is 3.38. The van der Waals surface area contributed by atoms with Gasteiger partial charge in [-0.3, -0.25) is 4.79 Å². The van der Waals surface area contributed by atoms with E-state index in [1.807, 2.05) is 0 Å². The van der Waals surface area contributed by atoms with Crippen molar-refractivity contribution in [3.63, 3.8) is 0 Å². The Labute approximate surface area is 118 Å². The standard InChI is InChI=1S/C13H21N3O4/c1-9(19-8-7-18-3)13(17)16-6-4-5-11(16)12-14-10(2)20-15-12/h9,11H,4-8H2,1-3H3/t9-,11+/m0/s1. The molecule has 0 aliphatic carbocycles. The van der Waals surface area contributed by atoms with Crippen LogP contribution in [0, 0.1) is 6.92 Å². The first-order chi connectivity index (χ1) is 9.63. The number of aryl methyl sites for hydroxylation is 1. The molecule has 1 saturated heterocycles. The number of methoxy groups -OCH3 is 1. The van der Waals surface area contributed by atoms with Crippen molar-refractivity contribution in [2.75, 3.05) is 26.9 Å². The average molecular weight is 283 g/mol. The minimum Gasteiger partial charge on any atom is -0.382 e. The van der Waals surface area contributed by atoms with Gasteiger partial charge in [-0.1, -0.05) is 5.16 Å². The van der Waals surface area contributed by atoms with Gasteiger partial charge in [0, 0.05) is 20.6 Å². The number of rotatable bonds is 6. The van der Waals surface area contributed by atoms with Crippen LogP contribution in [-0.4, -0.2) is 53.9 Å². The minimum absolute atomic E-state index is 0.0361. The first kappa shape index (κ1) is 14.9. The second-order valence-electron chi connectivity index (χ2n) is 4.87. The summed E-state index contributed by atoms with van der Waals surface area (Å²) < 4.78 is 15.4. The molecule has 0 saturated carbocycles. The lowest BCUT2D eigenvalue weighted by Gasteiger charge is -2.25. The molecule has 1 aliphatic rings. The van der Waals surface area contributed by atoms with Gasteiger partial charge in [-0.25, -0.2) is 0 Å². The van der Waals surface area contributed by atoms with E-state index in [9.17, 15) is 4.79 Å². The van der Waals surface area contributed by atoms with Crippen LogP contribution in [0.2, 0.25) is 0 Å². The topological polar surface area (TPSA) is 77.7 Å². The molecule has 0 spiro atoms. The minimum atomic E-state index is -0.487. The van der Waals surface area contributed by atoms with Gasteiger partial charge < -0.3 is 18.9 Å². The van der Waals surface area contributed by atoms with E-state index in [4.69, 9.17) is 14.0 Å². The summed E-state index contributed by atoms with van der Waals surface area (Å²) in [5.74, 6) is 1.06. The van der Waals surface area contributed by atoms with Crippen LogP contribution in [0.25, 0.3) is 0 Å². The van der Waals surface area contributed by atoms with E-state index in [1.165, 1.54) is 0 Å². The Morgan fingerprint density at radius 2 is 2.35 bits per heavy atom. The fourth-order valence-corrected chi connectivity index (χ4v) is 2.36. The van der Waals surface area contributed by atoms with Crippen LogP contribution in [0.4, 0.5) is 0 Å². The fraction of sp³-hybridized carbons (Fsp3) is 0.769. The van der Waals surface area contributed by atoms with Gasteiger partial charge in [0.2, 0.25) is 5.89 Å². The molecule has 0 radical (unpaired) electrons. The number of carbonyl (C=O) groups is 1. The lowest BCUT2D eigenvalue weighted by atomic mass is 10.2. The van der Waals surface area contributed by atoms with Crippen molar-refractivity contribution in [1.29, 1.82) is 0 Å². The summed E-state index contributed by atoms with van der Waals surface area (Å²) >= 11 is 0. The summed E-state index contributed by atoms with van der Waals surface area (Å²) in [5, 5.41) is 3.92. The fourth-order valence-electron chi connectivity index (χ4n) is 2.36. The summed E-state index contributed by atoms with van der Waals surface area (Å²) in [6.45, 7) is 5.09. The van der Waals surface area contributed by atoms with Crippen LogP contribution in [0.3, 0.4) is 0 Å². The summed E-state index contributed by atoms with van der Waals surface area (Å²) in [4.78, 5) is 18.4. The van der Waals surface area contributed by atoms with Gasteiger partial charge in [-0.2, -0.15) is 4.98 Å². The zero-order valence-corrected chi connectivity index (χ0v) is 12.2. The first-order valence-electron chi connectivity index (χ1n) is 6.84. The Morgan fingerprint density at radius 3 is 3.00 bits per heavy atom. The zero-order valence-electron chi connectivity index (χ0n) is 12.2. The number of carbonyl (C=O) groups excluding carboxylic acids is 1.